The number of carbonyl (C=O) groups excluding carboxylic acids is 1. The fraction of sp³-hybridized carbons (Fsp3) is 0.273. The van der Waals surface area contributed by atoms with E-state index in [1.807, 2.05) is 60.7 Å². The molecule has 3 aromatic rings. The van der Waals surface area contributed by atoms with E-state index in [0.717, 1.165) is 11.3 Å². The van der Waals surface area contributed by atoms with Gasteiger partial charge in [0.05, 0.1) is 24.9 Å². The molecule has 1 aliphatic heterocycles. The number of sulfonamides is 1. The van der Waals surface area contributed by atoms with Gasteiger partial charge in [-0.25, -0.2) is 13.1 Å². The second-order valence-corrected chi connectivity index (χ2v) is 9.10. The molecule has 2 heterocycles. The van der Waals surface area contributed by atoms with E-state index < -0.39 is 10.0 Å². The maximum Gasteiger partial charge on any atom is 0.308 e. The van der Waals surface area contributed by atoms with E-state index in [2.05, 4.69) is 5.10 Å². The number of esters is 1. The number of ether oxygens (including phenoxy) is 1. The van der Waals surface area contributed by atoms with Gasteiger partial charge in [-0.3, -0.25) is 4.79 Å². The summed E-state index contributed by atoms with van der Waals surface area (Å²) in [4.78, 5) is 12.0. The maximum absolute atomic E-state index is 13.5. The highest BCUT2D eigenvalue weighted by Crippen LogP contribution is 2.31. The lowest BCUT2D eigenvalue weighted by atomic mass is 9.99. The van der Waals surface area contributed by atoms with Crippen molar-refractivity contribution < 1.29 is 17.9 Å². The Morgan fingerprint density at radius 3 is 2.20 bits per heavy atom. The van der Waals surface area contributed by atoms with Gasteiger partial charge in [0.1, 0.15) is 10.6 Å². The smallest absolute Gasteiger partial charge is 0.308 e. The Bertz CT molecular complexity index is 1120. The second-order valence-electron chi connectivity index (χ2n) is 7.19. The Kier molecular flexibility index (Phi) is 5.69. The molecule has 1 saturated heterocycles. The van der Waals surface area contributed by atoms with Crippen molar-refractivity contribution in [2.45, 2.75) is 17.7 Å². The van der Waals surface area contributed by atoms with Crippen LogP contribution in [0.2, 0.25) is 0 Å². The lowest BCUT2D eigenvalue weighted by molar-refractivity contribution is -0.146. The van der Waals surface area contributed by atoms with Crippen molar-refractivity contribution in [3.63, 3.8) is 0 Å². The van der Waals surface area contributed by atoms with Crippen LogP contribution in [-0.4, -0.2) is 48.7 Å². The zero-order valence-corrected chi connectivity index (χ0v) is 17.5. The third-order valence-electron chi connectivity index (χ3n) is 5.35. The fourth-order valence-electron chi connectivity index (χ4n) is 3.69. The number of para-hydroxylation sites is 1. The standard InChI is InChI=1S/C22H23N3O4S/c1-29-22(26)18-12-14-24(15-13-18)30(27,28)20-16-25(19-10-6-3-7-11-19)23-21(20)17-8-4-2-5-9-17/h2-11,16,18H,12-15H2,1H3. The highest BCUT2D eigenvalue weighted by atomic mass is 32.2. The SMILES string of the molecule is COC(=O)C1CCN(S(=O)(=O)c2cn(-c3ccccc3)nc2-c2ccccc2)CC1. The van der Waals surface area contributed by atoms with Crippen molar-refractivity contribution in [2.75, 3.05) is 20.2 Å². The summed E-state index contributed by atoms with van der Waals surface area (Å²) in [5, 5.41) is 4.60. The molecule has 0 spiro atoms. The number of rotatable bonds is 5. The summed E-state index contributed by atoms with van der Waals surface area (Å²) in [5.74, 6) is -0.545. The highest BCUT2D eigenvalue weighted by Gasteiger charge is 2.35. The minimum absolute atomic E-state index is 0.161. The summed E-state index contributed by atoms with van der Waals surface area (Å²) in [6.07, 6.45) is 2.46. The van der Waals surface area contributed by atoms with Gasteiger partial charge in [0.15, 0.2) is 0 Å². The average Bonchev–Trinajstić information content (AvgIpc) is 3.26. The molecule has 0 N–H and O–H groups in total. The molecule has 0 saturated carbocycles. The number of piperidine rings is 1. The lowest BCUT2D eigenvalue weighted by Crippen LogP contribution is -2.40. The third-order valence-corrected chi connectivity index (χ3v) is 7.25. The molecular formula is C22H23N3O4S. The van der Waals surface area contributed by atoms with E-state index >= 15 is 0 Å². The van der Waals surface area contributed by atoms with Gasteiger partial charge in [-0.2, -0.15) is 9.40 Å². The third kappa shape index (κ3) is 3.88. The summed E-state index contributed by atoms with van der Waals surface area (Å²) in [6.45, 7) is 0.541. The van der Waals surface area contributed by atoms with Crippen molar-refractivity contribution in [1.29, 1.82) is 0 Å². The van der Waals surface area contributed by atoms with Crippen LogP contribution >= 0.6 is 0 Å². The molecule has 4 rings (SSSR count). The molecule has 30 heavy (non-hydrogen) atoms. The van der Waals surface area contributed by atoms with Crippen LogP contribution in [0.4, 0.5) is 0 Å². The molecule has 0 bridgehead atoms. The van der Waals surface area contributed by atoms with Crippen molar-refractivity contribution in [1.82, 2.24) is 14.1 Å². The molecule has 0 unspecified atom stereocenters. The predicted molar refractivity (Wildman–Crippen MR) is 112 cm³/mol. The number of hydrogen-bond acceptors (Lipinski definition) is 5. The molecule has 0 atom stereocenters. The van der Waals surface area contributed by atoms with E-state index in [-0.39, 0.29) is 29.9 Å². The normalized spacial score (nSPS) is 15.8. The Hall–Kier alpha value is -2.97. The molecule has 7 nitrogen and oxygen atoms in total. The van der Waals surface area contributed by atoms with Gasteiger partial charge in [-0.15, -0.1) is 0 Å². The number of methoxy groups -OCH3 is 1. The van der Waals surface area contributed by atoms with Crippen LogP contribution in [0.1, 0.15) is 12.8 Å². The minimum atomic E-state index is -3.79. The summed E-state index contributed by atoms with van der Waals surface area (Å²) in [6, 6.07) is 18.7. The van der Waals surface area contributed by atoms with Crippen molar-refractivity contribution >= 4 is 16.0 Å². The fourth-order valence-corrected chi connectivity index (χ4v) is 5.30. The van der Waals surface area contributed by atoms with Crippen molar-refractivity contribution in [3.8, 4) is 16.9 Å². The number of hydrogen-bond donors (Lipinski definition) is 0. The first-order chi connectivity index (χ1) is 14.5. The molecule has 156 valence electrons. The van der Waals surface area contributed by atoms with Gasteiger partial charge in [-0.05, 0) is 25.0 Å². The van der Waals surface area contributed by atoms with E-state index in [1.165, 1.54) is 11.4 Å². The van der Waals surface area contributed by atoms with Crippen molar-refractivity contribution in [2.24, 2.45) is 5.92 Å². The highest BCUT2D eigenvalue weighted by molar-refractivity contribution is 7.89. The number of carbonyl (C=O) groups is 1. The molecule has 0 aliphatic carbocycles. The molecule has 1 fully saturated rings. The van der Waals surface area contributed by atoms with E-state index in [9.17, 15) is 13.2 Å². The van der Waals surface area contributed by atoms with Crippen LogP contribution in [0.3, 0.4) is 0 Å². The van der Waals surface area contributed by atoms with Crippen LogP contribution in [0, 0.1) is 5.92 Å². The molecule has 8 heteroatoms. The number of benzene rings is 2. The Morgan fingerprint density at radius 2 is 1.60 bits per heavy atom. The molecule has 2 aromatic carbocycles. The summed E-state index contributed by atoms with van der Waals surface area (Å²) < 4.78 is 34.9. The monoisotopic (exact) mass is 425 g/mol. The van der Waals surface area contributed by atoms with Crippen LogP contribution in [0.25, 0.3) is 16.9 Å². The number of nitrogens with zero attached hydrogens (tertiary/aromatic N) is 3. The lowest BCUT2D eigenvalue weighted by Gasteiger charge is -2.29. The van der Waals surface area contributed by atoms with Gasteiger partial charge in [-0.1, -0.05) is 48.5 Å². The van der Waals surface area contributed by atoms with Crippen LogP contribution in [0.15, 0.2) is 71.8 Å². The molecule has 0 amide bonds. The average molecular weight is 426 g/mol. The zero-order chi connectivity index (χ0) is 21.1. The first-order valence-corrected chi connectivity index (χ1v) is 11.2. The van der Waals surface area contributed by atoms with E-state index in [4.69, 9.17) is 4.74 Å². The summed E-state index contributed by atoms with van der Waals surface area (Å²) in [5.41, 5.74) is 1.92. The molecule has 1 aromatic heterocycles. The van der Waals surface area contributed by atoms with Gasteiger partial charge in [0.25, 0.3) is 0 Å². The largest absolute Gasteiger partial charge is 0.469 e. The van der Waals surface area contributed by atoms with Gasteiger partial charge < -0.3 is 4.74 Å². The molecule has 1 aliphatic rings. The Morgan fingerprint density at radius 1 is 1.00 bits per heavy atom. The first-order valence-electron chi connectivity index (χ1n) is 9.79. The quantitative estimate of drug-likeness (QED) is 0.587. The summed E-state index contributed by atoms with van der Waals surface area (Å²) in [7, 11) is -2.43. The van der Waals surface area contributed by atoms with Gasteiger partial charge in [0.2, 0.25) is 10.0 Å². The molecular weight excluding hydrogens is 402 g/mol. The van der Waals surface area contributed by atoms with E-state index in [0.29, 0.717) is 18.5 Å². The van der Waals surface area contributed by atoms with Gasteiger partial charge in [0, 0.05) is 18.7 Å². The van der Waals surface area contributed by atoms with Gasteiger partial charge >= 0.3 is 5.97 Å². The zero-order valence-electron chi connectivity index (χ0n) is 16.6. The summed E-state index contributed by atoms with van der Waals surface area (Å²) >= 11 is 0. The minimum Gasteiger partial charge on any atom is -0.469 e. The van der Waals surface area contributed by atoms with Crippen LogP contribution in [-0.2, 0) is 19.6 Å². The Balaban J connectivity index is 1.72. The second kappa shape index (κ2) is 8.41. The van der Waals surface area contributed by atoms with Crippen LogP contribution in [0.5, 0.6) is 0 Å². The number of aromatic nitrogens is 2. The topological polar surface area (TPSA) is 81.5 Å². The molecule has 0 radical (unpaired) electrons. The first kappa shape index (κ1) is 20.3. The van der Waals surface area contributed by atoms with Crippen molar-refractivity contribution in [3.05, 3.63) is 66.9 Å². The van der Waals surface area contributed by atoms with Crippen LogP contribution < -0.4 is 0 Å². The maximum atomic E-state index is 13.5. The predicted octanol–water partition coefficient (Wildman–Crippen LogP) is 3.11. The van der Waals surface area contributed by atoms with E-state index in [1.54, 1.807) is 10.9 Å². The Labute approximate surface area is 175 Å².